The normalized spacial score (nSPS) is 9.50. The van der Waals surface area contributed by atoms with Crippen LogP contribution in [0.3, 0.4) is 0 Å². The minimum Gasteiger partial charge on any atom is -0.343 e. The standard InChI is InChI=1S/C11H13NOS/c1-2-3-9-4-6-10(7-5-9)8-12-11(13)14/h2,4-7H,1,3,8H2,(H2,12,13,14). The lowest BCUT2D eigenvalue weighted by molar-refractivity contribution is 0.260. The van der Waals surface area contributed by atoms with Gasteiger partial charge in [-0.15, -0.1) is 6.58 Å². The van der Waals surface area contributed by atoms with Crippen LogP contribution in [0, 0.1) is 0 Å². The van der Waals surface area contributed by atoms with E-state index in [1.807, 2.05) is 30.3 Å². The van der Waals surface area contributed by atoms with E-state index in [9.17, 15) is 4.79 Å². The van der Waals surface area contributed by atoms with Gasteiger partial charge in [0.05, 0.1) is 0 Å². The van der Waals surface area contributed by atoms with Crippen molar-refractivity contribution in [2.24, 2.45) is 0 Å². The van der Waals surface area contributed by atoms with Crippen LogP contribution in [0.15, 0.2) is 36.9 Å². The Bertz CT molecular complexity index is 319. The van der Waals surface area contributed by atoms with Crippen molar-refractivity contribution in [2.45, 2.75) is 13.0 Å². The van der Waals surface area contributed by atoms with E-state index >= 15 is 0 Å². The molecular weight excluding hydrogens is 194 g/mol. The van der Waals surface area contributed by atoms with Crippen molar-refractivity contribution in [3.05, 3.63) is 48.0 Å². The second-order valence-electron chi connectivity index (χ2n) is 2.97. The van der Waals surface area contributed by atoms with E-state index in [0.29, 0.717) is 6.54 Å². The zero-order valence-corrected chi connectivity index (χ0v) is 8.76. The molecule has 1 aromatic rings. The lowest BCUT2D eigenvalue weighted by Crippen LogP contribution is -2.15. The molecule has 0 fully saturated rings. The van der Waals surface area contributed by atoms with Crippen molar-refractivity contribution in [2.75, 3.05) is 0 Å². The van der Waals surface area contributed by atoms with Crippen LogP contribution in [0.1, 0.15) is 11.1 Å². The number of hydrogen-bond donors (Lipinski definition) is 2. The third-order valence-electron chi connectivity index (χ3n) is 1.85. The van der Waals surface area contributed by atoms with E-state index in [4.69, 9.17) is 0 Å². The molecule has 14 heavy (non-hydrogen) atoms. The summed E-state index contributed by atoms with van der Waals surface area (Å²) in [5.74, 6) is 0. The summed E-state index contributed by atoms with van der Waals surface area (Å²) in [6.45, 7) is 4.20. The molecular formula is C11H13NOS. The highest BCUT2D eigenvalue weighted by atomic mass is 32.1. The van der Waals surface area contributed by atoms with Gasteiger partial charge in [0.15, 0.2) is 0 Å². The molecule has 0 heterocycles. The van der Waals surface area contributed by atoms with Gasteiger partial charge >= 0.3 is 0 Å². The Morgan fingerprint density at radius 1 is 1.36 bits per heavy atom. The summed E-state index contributed by atoms with van der Waals surface area (Å²) in [5.41, 5.74) is 2.29. The van der Waals surface area contributed by atoms with Gasteiger partial charge < -0.3 is 5.32 Å². The van der Waals surface area contributed by atoms with Gasteiger partial charge in [-0.3, -0.25) is 4.79 Å². The first-order valence-electron chi connectivity index (χ1n) is 4.38. The van der Waals surface area contributed by atoms with Crippen LogP contribution in [0.2, 0.25) is 0 Å². The number of carbonyl (C=O) groups excluding carboxylic acids is 1. The minimum absolute atomic E-state index is 0.305. The van der Waals surface area contributed by atoms with E-state index in [1.54, 1.807) is 0 Å². The average Bonchev–Trinajstić information content (AvgIpc) is 2.17. The SMILES string of the molecule is C=CCc1ccc(CNC(=O)S)cc1. The zero-order chi connectivity index (χ0) is 10.4. The number of hydrogen-bond acceptors (Lipinski definition) is 1. The number of amides is 1. The third kappa shape index (κ3) is 3.66. The van der Waals surface area contributed by atoms with Gasteiger partial charge in [0.25, 0.3) is 5.24 Å². The molecule has 0 atom stereocenters. The second-order valence-corrected chi connectivity index (χ2v) is 3.37. The number of carbonyl (C=O) groups is 1. The third-order valence-corrected chi connectivity index (χ3v) is 2.00. The molecule has 0 aliphatic rings. The maximum Gasteiger partial charge on any atom is 0.276 e. The van der Waals surface area contributed by atoms with Crippen LogP contribution < -0.4 is 5.32 Å². The number of allylic oxidation sites excluding steroid dienone is 1. The van der Waals surface area contributed by atoms with Crippen molar-refractivity contribution in [3.8, 4) is 0 Å². The van der Waals surface area contributed by atoms with Crippen molar-refractivity contribution < 1.29 is 4.79 Å². The number of thiol groups is 1. The summed E-state index contributed by atoms with van der Waals surface area (Å²) in [6.07, 6.45) is 2.74. The molecule has 1 aromatic carbocycles. The van der Waals surface area contributed by atoms with Crippen LogP contribution in [0.25, 0.3) is 0 Å². The van der Waals surface area contributed by atoms with Crippen LogP contribution in [0.5, 0.6) is 0 Å². The van der Waals surface area contributed by atoms with E-state index in [-0.39, 0.29) is 5.24 Å². The minimum atomic E-state index is -0.305. The largest absolute Gasteiger partial charge is 0.343 e. The van der Waals surface area contributed by atoms with Gasteiger partial charge in [0, 0.05) is 6.54 Å². The lowest BCUT2D eigenvalue weighted by atomic mass is 10.1. The Labute approximate surface area is 89.4 Å². The molecule has 0 aromatic heterocycles. The average molecular weight is 207 g/mol. The van der Waals surface area contributed by atoms with Gasteiger partial charge in [0.2, 0.25) is 0 Å². The number of benzene rings is 1. The first-order valence-corrected chi connectivity index (χ1v) is 4.82. The summed E-state index contributed by atoms with van der Waals surface area (Å²) in [7, 11) is 0. The van der Waals surface area contributed by atoms with E-state index in [1.165, 1.54) is 5.56 Å². The van der Waals surface area contributed by atoms with Gasteiger partial charge in [-0.2, -0.15) is 0 Å². The van der Waals surface area contributed by atoms with Crippen LogP contribution in [-0.4, -0.2) is 5.24 Å². The Balaban J connectivity index is 2.54. The topological polar surface area (TPSA) is 29.1 Å². The predicted molar refractivity (Wildman–Crippen MR) is 61.6 cm³/mol. The fraction of sp³-hybridized carbons (Fsp3) is 0.182. The Kier molecular flexibility index (Phi) is 4.26. The maximum atomic E-state index is 10.5. The quantitative estimate of drug-likeness (QED) is 0.576. The Hall–Kier alpha value is -1.22. The van der Waals surface area contributed by atoms with Gasteiger partial charge in [-0.05, 0) is 17.5 Å². The molecule has 1 rings (SSSR count). The summed E-state index contributed by atoms with van der Waals surface area (Å²) >= 11 is 3.62. The summed E-state index contributed by atoms with van der Waals surface area (Å²) in [5, 5.41) is 2.31. The first kappa shape index (κ1) is 10.9. The van der Waals surface area contributed by atoms with Crippen molar-refractivity contribution in [3.63, 3.8) is 0 Å². The molecule has 1 N–H and O–H groups in total. The van der Waals surface area contributed by atoms with Gasteiger partial charge in [-0.1, -0.05) is 43.0 Å². The molecule has 0 bridgehead atoms. The molecule has 0 radical (unpaired) electrons. The Morgan fingerprint density at radius 2 is 1.93 bits per heavy atom. The zero-order valence-electron chi connectivity index (χ0n) is 7.86. The summed E-state index contributed by atoms with van der Waals surface area (Å²) in [6, 6.07) is 8.04. The highest BCUT2D eigenvalue weighted by Gasteiger charge is 1.95. The van der Waals surface area contributed by atoms with E-state index in [0.717, 1.165) is 12.0 Å². The molecule has 74 valence electrons. The molecule has 3 heteroatoms. The molecule has 0 aliphatic heterocycles. The number of nitrogens with one attached hydrogen (secondary N) is 1. The van der Waals surface area contributed by atoms with Crippen LogP contribution in [0.4, 0.5) is 4.79 Å². The molecule has 0 saturated carbocycles. The molecule has 2 nitrogen and oxygen atoms in total. The second kappa shape index (κ2) is 5.50. The van der Waals surface area contributed by atoms with Crippen LogP contribution in [-0.2, 0) is 13.0 Å². The number of rotatable bonds is 4. The monoisotopic (exact) mass is 207 g/mol. The van der Waals surface area contributed by atoms with E-state index < -0.39 is 0 Å². The van der Waals surface area contributed by atoms with Crippen molar-refractivity contribution >= 4 is 17.9 Å². The smallest absolute Gasteiger partial charge is 0.276 e. The molecule has 1 amide bonds. The highest BCUT2D eigenvalue weighted by Crippen LogP contribution is 2.05. The lowest BCUT2D eigenvalue weighted by Gasteiger charge is -2.02. The van der Waals surface area contributed by atoms with Gasteiger partial charge in [0.1, 0.15) is 0 Å². The molecule has 0 aliphatic carbocycles. The molecule has 0 unspecified atom stereocenters. The van der Waals surface area contributed by atoms with Gasteiger partial charge in [-0.25, -0.2) is 0 Å². The highest BCUT2D eigenvalue weighted by molar-refractivity contribution is 7.96. The summed E-state index contributed by atoms with van der Waals surface area (Å²) < 4.78 is 0. The molecule has 0 spiro atoms. The fourth-order valence-electron chi connectivity index (χ4n) is 1.14. The van der Waals surface area contributed by atoms with Crippen molar-refractivity contribution in [1.82, 2.24) is 5.32 Å². The Morgan fingerprint density at radius 3 is 2.43 bits per heavy atom. The maximum absolute atomic E-state index is 10.5. The predicted octanol–water partition coefficient (Wildman–Crippen LogP) is 2.55. The van der Waals surface area contributed by atoms with Crippen LogP contribution >= 0.6 is 12.6 Å². The fourth-order valence-corrected chi connectivity index (χ4v) is 1.22. The van der Waals surface area contributed by atoms with Crippen molar-refractivity contribution in [1.29, 1.82) is 0 Å². The first-order chi connectivity index (χ1) is 6.72. The molecule has 0 saturated heterocycles. The van der Waals surface area contributed by atoms with E-state index in [2.05, 4.69) is 24.5 Å². The summed E-state index contributed by atoms with van der Waals surface area (Å²) in [4.78, 5) is 10.5.